The van der Waals surface area contributed by atoms with E-state index in [-0.39, 0.29) is 0 Å². The van der Waals surface area contributed by atoms with E-state index < -0.39 is 0 Å². The van der Waals surface area contributed by atoms with E-state index in [1.165, 1.54) is 24.1 Å². The molecule has 0 aliphatic carbocycles. The van der Waals surface area contributed by atoms with Gasteiger partial charge in [-0.05, 0) is 38.1 Å². The normalized spacial score (nSPS) is 14.5. The van der Waals surface area contributed by atoms with Gasteiger partial charge in [0.05, 0.1) is 11.9 Å². The third-order valence-electron chi connectivity index (χ3n) is 2.73. The SMILES string of the molecule is CNCCCN1CCc2ccncc21. The second-order valence-corrected chi connectivity index (χ2v) is 3.70. The molecular formula is C11H17N3. The van der Waals surface area contributed by atoms with E-state index in [1.807, 2.05) is 19.4 Å². The fraction of sp³-hybridized carbons (Fsp3) is 0.545. The smallest absolute Gasteiger partial charge is 0.0586 e. The number of anilines is 1. The first-order chi connectivity index (χ1) is 6.92. The van der Waals surface area contributed by atoms with Crippen LogP contribution in [0.3, 0.4) is 0 Å². The third-order valence-corrected chi connectivity index (χ3v) is 2.73. The third kappa shape index (κ3) is 1.87. The van der Waals surface area contributed by atoms with E-state index in [9.17, 15) is 0 Å². The topological polar surface area (TPSA) is 28.2 Å². The Hall–Kier alpha value is -1.09. The van der Waals surface area contributed by atoms with Crippen molar-refractivity contribution in [2.45, 2.75) is 12.8 Å². The molecule has 0 amide bonds. The molecule has 0 saturated carbocycles. The van der Waals surface area contributed by atoms with Crippen LogP contribution in [0.5, 0.6) is 0 Å². The maximum Gasteiger partial charge on any atom is 0.0586 e. The maximum atomic E-state index is 4.18. The van der Waals surface area contributed by atoms with Gasteiger partial charge >= 0.3 is 0 Å². The van der Waals surface area contributed by atoms with Gasteiger partial charge in [-0.1, -0.05) is 0 Å². The molecule has 1 N–H and O–H groups in total. The summed E-state index contributed by atoms with van der Waals surface area (Å²) in [6.45, 7) is 3.39. The predicted octanol–water partition coefficient (Wildman–Crippen LogP) is 1.05. The molecule has 3 nitrogen and oxygen atoms in total. The van der Waals surface area contributed by atoms with Gasteiger partial charge in [-0.15, -0.1) is 0 Å². The van der Waals surface area contributed by atoms with Gasteiger partial charge in [0.1, 0.15) is 0 Å². The average Bonchev–Trinajstić information content (AvgIpc) is 2.63. The van der Waals surface area contributed by atoms with Crippen molar-refractivity contribution in [1.29, 1.82) is 0 Å². The number of fused-ring (bicyclic) bond motifs is 1. The fourth-order valence-electron chi connectivity index (χ4n) is 1.97. The van der Waals surface area contributed by atoms with Crippen LogP contribution in [0.15, 0.2) is 18.5 Å². The highest BCUT2D eigenvalue weighted by Gasteiger charge is 2.17. The lowest BCUT2D eigenvalue weighted by Crippen LogP contribution is -2.24. The van der Waals surface area contributed by atoms with Crippen molar-refractivity contribution >= 4 is 5.69 Å². The summed E-state index contributed by atoms with van der Waals surface area (Å²) in [6, 6.07) is 2.13. The van der Waals surface area contributed by atoms with Crippen LogP contribution in [0.1, 0.15) is 12.0 Å². The molecule has 1 aliphatic heterocycles. The van der Waals surface area contributed by atoms with Crippen molar-refractivity contribution in [2.75, 3.05) is 31.6 Å². The molecule has 1 aromatic heterocycles. The Bertz CT molecular complexity index is 298. The molecule has 0 saturated heterocycles. The lowest BCUT2D eigenvalue weighted by atomic mass is 10.2. The zero-order valence-corrected chi connectivity index (χ0v) is 8.66. The quantitative estimate of drug-likeness (QED) is 0.721. The summed E-state index contributed by atoms with van der Waals surface area (Å²) in [4.78, 5) is 6.61. The van der Waals surface area contributed by atoms with Crippen LogP contribution in [-0.2, 0) is 6.42 Å². The number of rotatable bonds is 4. The Balaban J connectivity index is 1.96. The standard InChI is InChI=1S/C11H17N3/c1-12-5-2-7-14-8-4-10-3-6-13-9-11(10)14/h3,6,9,12H,2,4-5,7-8H2,1H3. The van der Waals surface area contributed by atoms with Crippen LogP contribution < -0.4 is 10.2 Å². The summed E-state index contributed by atoms with van der Waals surface area (Å²) in [6.07, 6.45) is 6.25. The summed E-state index contributed by atoms with van der Waals surface area (Å²) in [5.74, 6) is 0. The summed E-state index contributed by atoms with van der Waals surface area (Å²) >= 11 is 0. The van der Waals surface area contributed by atoms with Crippen molar-refractivity contribution < 1.29 is 0 Å². The minimum absolute atomic E-state index is 1.09. The van der Waals surface area contributed by atoms with Crippen LogP contribution in [0, 0.1) is 0 Å². The largest absolute Gasteiger partial charge is 0.370 e. The van der Waals surface area contributed by atoms with Crippen molar-refractivity contribution in [2.24, 2.45) is 0 Å². The van der Waals surface area contributed by atoms with Gasteiger partial charge in [-0.2, -0.15) is 0 Å². The number of aromatic nitrogens is 1. The Labute approximate surface area is 85.1 Å². The maximum absolute atomic E-state index is 4.18. The number of pyridine rings is 1. The van der Waals surface area contributed by atoms with E-state index in [0.717, 1.165) is 19.6 Å². The second-order valence-electron chi connectivity index (χ2n) is 3.70. The Kier molecular flexibility index (Phi) is 2.99. The van der Waals surface area contributed by atoms with Crippen LogP contribution in [0.25, 0.3) is 0 Å². The van der Waals surface area contributed by atoms with E-state index in [2.05, 4.69) is 21.3 Å². The average molecular weight is 191 g/mol. The molecule has 0 bridgehead atoms. The van der Waals surface area contributed by atoms with Crippen LogP contribution in [0.4, 0.5) is 5.69 Å². The zero-order valence-electron chi connectivity index (χ0n) is 8.66. The molecule has 2 rings (SSSR count). The van der Waals surface area contributed by atoms with Gasteiger partial charge in [0, 0.05) is 19.3 Å². The number of nitrogens with one attached hydrogen (secondary N) is 1. The molecule has 2 heterocycles. The van der Waals surface area contributed by atoms with E-state index in [4.69, 9.17) is 0 Å². The summed E-state index contributed by atoms with van der Waals surface area (Å²) < 4.78 is 0. The lowest BCUT2D eigenvalue weighted by molar-refractivity contribution is 0.696. The van der Waals surface area contributed by atoms with E-state index in [0.29, 0.717) is 0 Å². The highest BCUT2D eigenvalue weighted by Crippen LogP contribution is 2.25. The Morgan fingerprint density at radius 2 is 2.50 bits per heavy atom. The van der Waals surface area contributed by atoms with Crippen molar-refractivity contribution in [3.8, 4) is 0 Å². The van der Waals surface area contributed by atoms with Gasteiger partial charge < -0.3 is 10.2 Å². The molecule has 0 fully saturated rings. The Morgan fingerprint density at radius 1 is 1.57 bits per heavy atom. The van der Waals surface area contributed by atoms with E-state index in [1.54, 1.807) is 0 Å². The van der Waals surface area contributed by atoms with Gasteiger partial charge in [-0.25, -0.2) is 0 Å². The van der Waals surface area contributed by atoms with Crippen LogP contribution >= 0.6 is 0 Å². The summed E-state index contributed by atoms with van der Waals surface area (Å²) in [5, 5.41) is 3.17. The van der Waals surface area contributed by atoms with Gasteiger partial charge in [-0.3, -0.25) is 4.98 Å². The predicted molar refractivity (Wildman–Crippen MR) is 58.7 cm³/mol. The molecule has 0 spiro atoms. The molecule has 0 aromatic carbocycles. The zero-order chi connectivity index (χ0) is 9.80. The summed E-state index contributed by atoms with van der Waals surface area (Å²) in [5.41, 5.74) is 2.79. The van der Waals surface area contributed by atoms with Gasteiger partial charge in [0.15, 0.2) is 0 Å². The van der Waals surface area contributed by atoms with Crippen LogP contribution in [0.2, 0.25) is 0 Å². The first-order valence-electron chi connectivity index (χ1n) is 5.24. The monoisotopic (exact) mass is 191 g/mol. The minimum Gasteiger partial charge on any atom is -0.370 e. The molecule has 14 heavy (non-hydrogen) atoms. The van der Waals surface area contributed by atoms with Gasteiger partial charge in [0.25, 0.3) is 0 Å². The molecule has 1 aromatic rings. The first kappa shape index (κ1) is 9.46. The van der Waals surface area contributed by atoms with Crippen molar-refractivity contribution in [1.82, 2.24) is 10.3 Å². The highest BCUT2D eigenvalue weighted by molar-refractivity contribution is 5.55. The number of hydrogen-bond donors (Lipinski definition) is 1. The molecule has 76 valence electrons. The molecule has 0 radical (unpaired) electrons. The van der Waals surface area contributed by atoms with E-state index >= 15 is 0 Å². The highest BCUT2D eigenvalue weighted by atomic mass is 15.2. The van der Waals surface area contributed by atoms with Gasteiger partial charge in [0.2, 0.25) is 0 Å². The summed E-state index contributed by atoms with van der Waals surface area (Å²) in [7, 11) is 2.00. The minimum atomic E-state index is 1.09. The number of nitrogens with zero attached hydrogens (tertiary/aromatic N) is 2. The van der Waals surface area contributed by atoms with Crippen LogP contribution in [-0.4, -0.2) is 31.7 Å². The Morgan fingerprint density at radius 3 is 3.36 bits per heavy atom. The molecule has 0 atom stereocenters. The second kappa shape index (κ2) is 4.42. The molecule has 3 heteroatoms. The molecule has 1 aliphatic rings. The molecule has 0 unspecified atom stereocenters. The van der Waals surface area contributed by atoms with Crippen molar-refractivity contribution in [3.05, 3.63) is 24.0 Å². The first-order valence-corrected chi connectivity index (χ1v) is 5.24. The molecular weight excluding hydrogens is 174 g/mol. The number of hydrogen-bond acceptors (Lipinski definition) is 3. The fourth-order valence-corrected chi connectivity index (χ4v) is 1.97. The lowest BCUT2D eigenvalue weighted by Gasteiger charge is -2.18. The van der Waals surface area contributed by atoms with Crippen molar-refractivity contribution in [3.63, 3.8) is 0 Å².